The van der Waals surface area contributed by atoms with Gasteiger partial charge in [-0.2, -0.15) is 0 Å². The second-order valence-corrected chi connectivity index (χ2v) is 6.60. The summed E-state index contributed by atoms with van der Waals surface area (Å²) in [5.74, 6) is 0.448. The largest absolute Gasteiger partial charge is 0.497 e. The fourth-order valence-electron chi connectivity index (χ4n) is 2.80. The maximum atomic E-state index is 12.6. The zero-order chi connectivity index (χ0) is 22.8. The van der Waals surface area contributed by atoms with Crippen LogP contribution in [0.1, 0.15) is 19.4 Å². The molecule has 0 aliphatic rings. The number of carbonyl (C=O) groups excluding carboxylic acids is 3. The van der Waals surface area contributed by atoms with Gasteiger partial charge in [0.25, 0.3) is 0 Å². The lowest BCUT2D eigenvalue weighted by molar-refractivity contribution is -0.130. The quantitative estimate of drug-likeness (QED) is 0.602. The molecule has 8 heteroatoms. The van der Waals surface area contributed by atoms with Gasteiger partial charge in [-0.1, -0.05) is 0 Å². The minimum atomic E-state index is -0.324. The van der Waals surface area contributed by atoms with Crippen LogP contribution in [-0.4, -0.2) is 49.9 Å². The molecular weight excluding hydrogens is 398 g/mol. The summed E-state index contributed by atoms with van der Waals surface area (Å²) in [6, 6.07) is 12.0. The Hall–Kier alpha value is -3.81. The van der Waals surface area contributed by atoms with Gasteiger partial charge >= 0.3 is 0 Å². The Morgan fingerprint density at radius 3 is 2.16 bits per heavy atom. The van der Waals surface area contributed by atoms with E-state index in [1.165, 1.54) is 17.9 Å². The molecular formula is C23H27N3O5. The smallest absolute Gasteiger partial charge is 0.247 e. The van der Waals surface area contributed by atoms with Gasteiger partial charge in [0.1, 0.15) is 18.0 Å². The van der Waals surface area contributed by atoms with Crippen LogP contribution in [0.15, 0.2) is 48.5 Å². The van der Waals surface area contributed by atoms with Crippen LogP contribution in [0.5, 0.6) is 11.5 Å². The number of carbonyl (C=O) groups is 3. The number of anilines is 2. The summed E-state index contributed by atoms with van der Waals surface area (Å²) in [4.78, 5) is 37.4. The first-order valence-corrected chi connectivity index (χ1v) is 9.72. The molecule has 2 aromatic carbocycles. The van der Waals surface area contributed by atoms with Crippen molar-refractivity contribution in [3.63, 3.8) is 0 Å². The molecule has 164 valence electrons. The average Bonchev–Trinajstić information content (AvgIpc) is 2.76. The van der Waals surface area contributed by atoms with E-state index in [4.69, 9.17) is 9.47 Å². The number of rotatable bonds is 9. The van der Waals surface area contributed by atoms with Crippen molar-refractivity contribution in [1.29, 1.82) is 0 Å². The van der Waals surface area contributed by atoms with Crippen LogP contribution < -0.4 is 20.1 Å². The highest BCUT2D eigenvalue weighted by molar-refractivity contribution is 5.98. The molecule has 0 aliphatic carbocycles. The molecule has 0 saturated carbocycles. The Kier molecular flexibility index (Phi) is 8.63. The zero-order valence-corrected chi connectivity index (χ0v) is 18.1. The summed E-state index contributed by atoms with van der Waals surface area (Å²) in [6.07, 6.45) is 3.03. The third-order valence-electron chi connectivity index (χ3n) is 4.36. The monoisotopic (exact) mass is 425 g/mol. The van der Waals surface area contributed by atoms with Gasteiger partial charge in [0.05, 0.1) is 14.2 Å². The number of amides is 3. The minimum absolute atomic E-state index is 0.0949. The van der Waals surface area contributed by atoms with Crippen molar-refractivity contribution in [2.45, 2.75) is 13.8 Å². The fourth-order valence-corrected chi connectivity index (χ4v) is 2.80. The molecule has 2 N–H and O–H groups in total. The van der Waals surface area contributed by atoms with E-state index in [2.05, 4.69) is 10.6 Å². The van der Waals surface area contributed by atoms with E-state index in [0.29, 0.717) is 35.0 Å². The second kappa shape index (κ2) is 11.4. The van der Waals surface area contributed by atoms with Crippen molar-refractivity contribution in [1.82, 2.24) is 4.90 Å². The molecule has 0 atom stereocenters. The first kappa shape index (κ1) is 23.5. The first-order chi connectivity index (χ1) is 14.9. The summed E-state index contributed by atoms with van der Waals surface area (Å²) >= 11 is 0. The summed E-state index contributed by atoms with van der Waals surface area (Å²) in [7, 11) is 3.11. The van der Waals surface area contributed by atoms with Crippen LogP contribution in [0.4, 0.5) is 11.4 Å². The molecule has 0 unspecified atom stereocenters. The van der Waals surface area contributed by atoms with E-state index in [0.717, 1.165) is 0 Å². The number of likely N-dealkylation sites (N-methyl/N-ethyl adjacent to an activating group) is 1. The van der Waals surface area contributed by atoms with Gasteiger partial charge in [0.15, 0.2) is 0 Å². The standard InChI is InChI=1S/C23H27N3O5/c1-5-26(15-22(28)25-19-9-7-18(8-10-19)24-16(2)27)23(29)13-6-17-14-20(30-3)11-12-21(17)31-4/h6-14H,5,15H2,1-4H3,(H,24,27)(H,25,28). The molecule has 0 aromatic heterocycles. The number of hydrogen-bond acceptors (Lipinski definition) is 5. The number of methoxy groups -OCH3 is 2. The topological polar surface area (TPSA) is 97.0 Å². The maximum absolute atomic E-state index is 12.6. The van der Waals surface area contributed by atoms with Gasteiger partial charge in [-0.25, -0.2) is 0 Å². The van der Waals surface area contributed by atoms with Crippen LogP contribution in [0.2, 0.25) is 0 Å². The van der Waals surface area contributed by atoms with Gasteiger partial charge in [0.2, 0.25) is 17.7 Å². The van der Waals surface area contributed by atoms with Crippen LogP contribution in [0.25, 0.3) is 6.08 Å². The lowest BCUT2D eigenvalue weighted by Gasteiger charge is -2.18. The summed E-state index contributed by atoms with van der Waals surface area (Å²) in [5.41, 5.74) is 1.89. The molecule has 0 bridgehead atoms. The molecule has 0 radical (unpaired) electrons. The van der Waals surface area contributed by atoms with E-state index in [1.54, 1.807) is 69.7 Å². The Morgan fingerprint density at radius 1 is 0.968 bits per heavy atom. The second-order valence-electron chi connectivity index (χ2n) is 6.60. The SMILES string of the molecule is CCN(CC(=O)Nc1ccc(NC(C)=O)cc1)C(=O)C=Cc1cc(OC)ccc1OC. The third kappa shape index (κ3) is 7.18. The number of benzene rings is 2. The van der Waals surface area contributed by atoms with Crippen molar-refractivity contribution in [2.24, 2.45) is 0 Å². The lowest BCUT2D eigenvalue weighted by atomic mass is 10.1. The maximum Gasteiger partial charge on any atom is 0.247 e. The molecule has 3 amide bonds. The number of hydrogen-bond donors (Lipinski definition) is 2. The molecule has 8 nitrogen and oxygen atoms in total. The Morgan fingerprint density at radius 2 is 1.61 bits per heavy atom. The van der Waals surface area contributed by atoms with Gasteiger partial charge in [0, 0.05) is 36.5 Å². The molecule has 0 heterocycles. The van der Waals surface area contributed by atoms with E-state index in [9.17, 15) is 14.4 Å². The summed E-state index contributed by atoms with van der Waals surface area (Å²) in [6.45, 7) is 3.49. The van der Waals surface area contributed by atoms with E-state index in [1.807, 2.05) is 0 Å². The Labute approximate surface area is 181 Å². The molecule has 2 rings (SSSR count). The normalized spacial score (nSPS) is 10.5. The van der Waals surface area contributed by atoms with Crippen molar-refractivity contribution >= 4 is 35.2 Å². The van der Waals surface area contributed by atoms with Crippen molar-refractivity contribution in [2.75, 3.05) is 37.9 Å². The van der Waals surface area contributed by atoms with E-state index in [-0.39, 0.29) is 24.3 Å². The van der Waals surface area contributed by atoms with Gasteiger partial charge in [-0.05, 0) is 55.5 Å². The number of nitrogens with zero attached hydrogens (tertiary/aromatic N) is 1. The van der Waals surface area contributed by atoms with Crippen molar-refractivity contribution < 1.29 is 23.9 Å². The van der Waals surface area contributed by atoms with Crippen LogP contribution in [0, 0.1) is 0 Å². The van der Waals surface area contributed by atoms with Gasteiger partial charge in [-0.3, -0.25) is 14.4 Å². The zero-order valence-electron chi connectivity index (χ0n) is 18.1. The Balaban J connectivity index is 2.00. The Bertz CT molecular complexity index is 954. The lowest BCUT2D eigenvalue weighted by Crippen LogP contribution is -2.36. The van der Waals surface area contributed by atoms with Crippen molar-refractivity contribution in [3.05, 3.63) is 54.1 Å². The summed E-state index contributed by atoms with van der Waals surface area (Å²) in [5, 5.41) is 5.40. The van der Waals surface area contributed by atoms with Crippen LogP contribution >= 0.6 is 0 Å². The fraction of sp³-hybridized carbons (Fsp3) is 0.261. The molecule has 0 fully saturated rings. The molecule has 2 aromatic rings. The third-order valence-corrected chi connectivity index (χ3v) is 4.36. The molecule has 31 heavy (non-hydrogen) atoms. The first-order valence-electron chi connectivity index (χ1n) is 9.72. The number of nitrogens with one attached hydrogen (secondary N) is 2. The van der Waals surface area contributed by atoms with Crippen LogP contribution in [-0.2, 0) is 14.4 Å². The molecule has 0 spiro atoms. The highest BCUT2D eigenvalue weighted by Gasteiger charge is 2.14. The summed E-state index contributed by atoms with van der Waals surface area (Å²) < 4.78 is 10.5. The van der Waals surface area contributed by atoms with E-state index >= 15 is 0 Å². The van der Waals surface area contributed by atoms with Gasteiger partial charge < -0.3 is 25.0 Å². The van der Waals surface area contributed by atoms with Crippen LogP contribution in [0.3, 0.4) is 0 Å². The predicted molar refractivity (Wildman–Crippen MR) is 120 cm³/mol. The number of ether oxygens (including phenoxy) is 2. The predicted octanol–water partition coefficient (Wildman–Crippen LogP) is 3.16. The highest BCUT2D eigenvalue weighted by Crippen LogP contribution is 2.25. The average molecular weight is 425 g/mol. The molecule has 0 aliphatic heterocycles. The van der Waals surface area contributed by atoms with E-state index < -0.39 is 0 Å². The van der Waals surface area contributed by atoms with Gasteiger partial charge in [-0.15, -0.1) is 0 Å². The molecule has 0 saturated heterocycles. The van der Waals surface area contributed by atoms with Crippen molar-refractivity contribution in [3.8, 4) is 11.5 Å². The highest BCUT2D eigenvalue weighted by atomic mass is 16.5. The minimum Gasteiger partial charge on any atom is -0.497 e.